The molecule has 1 aliphatic rings. The first-order valence-corrected chi connectivity index (χ1v) is 10.7. The molecule has 1 fully saturated rings. The number of anilines is 1. The number of piperidine rings is 1. The van der Waals surface area contributed by atoms with Crippen molar-refractivity contribution in [3.05, 3.63) is 54.1 Å². The second-order valence-corrected chi connectivity index (χ2v) is 9.46. The van der Waals surface area contributed by atoms with Gasteiger partial charge in [-0.3, -0.25) is 0 Å². The van der Waals surface area contributed by atoms with Gasteiger partial charge in [0.05, 0.1) is 4.90 Å². The number of nitriles is 1. The van der Waals surface area contributed by atoms with E-state index >= 15 is 4.39 Å². The van der Waals surface area contributed by atoms with E-state index in [4.69, 9.17) is 5.26 Å². The molecule has 3 rings (SSSR count). The average molecular weight is 434 g/mol. The van der Waals surface area contributed by atoms with Gasteiger partial charge < -0.3 is 10.2 Å². The highest BCUT2D eigenvalue weighted by molar-refractivity contribution is 7.92. The number of nitrogens with zero attached hydrogens (tertiary/aromatic N) is 3. The number of pyridine rings is 1. The molecule has 1 saturated heterocycles. The number of carbonyl (C=O) groups excluding carboxylic acids is 1. The van der Waals surface area contributed by atoms with Crippen LogP contribution in [0.25, 0.3) is 0 Å². The molecular weight excluding hydrogens is 414 g/mol. The van der Waals surface area contributed by atoms with Crippen molar-refractivity contribution in [1.82, 2.24) is 9.88 Å². The number of alkyl halides is 1. The molecule has 0 saturated carbocycles. The Labute approximate surface area is 173 Å². The summed E-state index contributed by atoms with van der Waals surface area (Å²) in [4.78, 5) is 17.3. The van der Waals surface area contributed by atoms with Crippen molar-refractivity contribution in [1.29, 1.82) is 5.26 Å². The van der Waals surface area contributed by atoms with Crippen LogP contribution in [-0.4, -0.2) is 42.4 Å². The van der Waals surface area contributed by atoms with Crippen LogP contribution in [0.2, 0.25) is 0 Å². The third-order valence-electron chi connectivity index (χ3n) is 5.27. The fourth-order valence-corrected chi connectivity index (χ4v) is 5.12. The Bertz CT molecular complexity index is 1090. The van der Waals surface area contributed by atoms with E-state index in [0.29, 0.717) is 5.69 Å². The first-order chi connectivity index (χ1) is 14.1. The zero-order chi connectivity index (χ0) is 21.9. The number of likely N-dealkylation sites (tertiary alicyclic amines) is 1. The van der Waals surface area contributed by atoms with Crippen molar-refractivity contribution < 1.29 is 22.0 Å². The van der Waals surface area contributed by atoms with Crippen molar-refractivity contribution in [3.8, 4) is 6.07 Å². The summed E-state index contributed by atoms with van der Waals surface area (Å²) >= 11 is 0. The van der Waals surface area contributed by atoms with Crippen molar-refractivity contribution in [3.63, 3.8) is 0 Å². The Morgan fingerprint density at radius 2 is 2.00 bits per heavy atom. The highest BCUT2D eigenvalue weighted by Gasteiger charge is 2.48. The Morgan fingerprint density at radius 3 is 2.63 bits per heavy atom. The van der Waals surface area contributed by atoms with Gasteiger partial charge in [-0.05, 0) is 50.1 Å². The highest BCUT2D eigenvalue weighted by atomic mass is 32.2. The topological polar surface area (TPSA) is 103 Å². The Hall–Kier alpha value is -3.06. The van der Waals surface area contributed by atoms with Crippen LogP contribution in [0.1, 0.15) is 25.5 Å². The van der Waals surface area contributed by atoms with Gasteiger partial charge in [0.25, 0.3) is 0 Å². The molecule has 1 unspecified atom stereocenters. The standard InChI is InChI=1S/C20H20F2N4O3S/c1-20(22,30(28,29)18-4-2-3-15(21)11-18)14-6-9-26(10-7-14)19(27)25-16-5-8-24-17(12-16)13-23/h2-5,8,11-12,14H,6-7,9-10H2,1H3,(H,24,25,27). The van der Waals surface area contributed by atoms with Gasteiger partial charge in [0, 0.05) is 30.9 Å². The van der Waals surface area contributed by atoms with Crippen LogP contribution in [0.15, 0.2) is 47.5 Å². The number of hydrogen-bond donors (Lipinski definition) is 1. The molecule has 1 atom stereocenters. The smallest absolute Gasteiger partial charge is 0.321 e. The van der Waals surface area contributed by atoms with Crippen LogP contribution >= 0.6 is 0 Å². The van der Waals surface area contributed by atoms with Crippen molar-refractivity contribution in [2.75, 3.05) is 18.4 Å². The number of aromatic nitrogens is 1. The van der Waals surface area contributed by atoms with E-state index in [1.165, 1.54) is 35.4 Å². The molecule has 0 aliphatic carbocycles. The van der Waals surface area contributed by atoms with Crippen LogP contribution in [0.5, 0.6) is 0 Å². The van der Waals surface area contributed by atoms with Crippen LogP contribution in [0.4, 0.5) is 19.3 Å². The maximum atomic E-state index is 15.5. The van der Waals surface area contributed by atoms with Gasteiger partial charge in [-0.25, -0.2) is 27.0 Å². The van der Waals surface area contributed by atoms with Crippen molar-refractivity contribution in [2.24, 2.45) is 5.92 Å². The summed E-state index contributed by atoms with van der Waals surface area (Å²) in [6, 6.07) is 8.70. The molecule has 2 heterocycles. The minimum absolute atomic E-state index is 0.134. The van der Waals surface area contributed by atoms with E-state index in [1.807, 2.05) is 6.07 Å². The molecule has 1 N–H and O–H groups in total. The number of carbonyl (C=O) groups is 1. The number of halogens is 2. The number of nitrogens with one attached hydrogen (secondary N) is 1. The number of hydrogen-bond acceptors (Lipinski definition) is 5. The van der Waals surface area contributed by atoms with E-state index in [0.717, 1.165) is 19.1 Å². The summed E-state index contributed by atoms with van der Waals surface area (Å²) in [5.41, 5.74) is 0.556. The largest absolute Gasteiger partial charge is 0.325 e. The van der Waals surface area contributed by atoms with Crippen molar-refractivity contribution in [2.45, 2.75) is 29.7 Å². The molecule has 1 aromatic heterocycles. The molecule has 1 aromatic carbocycles. The number of sulfone groups is 1. The van der Waals surface area contributed by atoms with Gasteiger partial charge >= 0.3 is 6.03 Å². The van der Waals surface area contributed by atoms with Crippen LogP contribution in [0.3, 0.4) is 0 Å². The first-order valence-electron chi connectivity index (χ1n) is 9.26. The third kappa shape index (κ3) is 4.26. The lowest BCUT2D eigenvalue weighted by molar-refractivity contribution is 0.117. The Morgan fingerprint density at radius 1 is 1.30 bits per heavy atom. The summed E-state index contributed by atoms with van der Waals surface area (Å²) in [6.45, 7) is 1.31. The molecule has 0 bridgehead atoms. The molecule has 0 radical (unpaired) electrons. The number of benzene rings is 1. The SMILES string of the molecule is CC(F)(C1CCN(C(=O)Nc2ccnc(C#N)c2)CC1)S(=O)(=O)c1cccc(F)c1. The molecule has 1 aliphatic heterocycles. The predicted octanol–water partition coefficient (Wildman–Crippen LogP) is 3.50. The van der Waals surface area contributed by atoms with Crippen LogP contribution in [0, 0.1) is 23.1 Å². The summed E-state index contributed by atoms with van der Waals surface area (Å²) in [5.74, 6) is -1.60. The predicted molar refractivity (Wildman–Crippen MR) is 105 cm³/mol. The molecule has 2 amide bonds. The normalized spacial score (nSPS) is 17.1. The lowest BCUT2D eigenvalue weighted by Gasteiger charge is -2.37. The van der Waals surface area contributed by atoms with Crippen molar-refractivity contribution >= 4 is 21.6 Å². The average Bonchev–Trinajstić information content (AvgIpc) is 2.73. The van der Waals surface area contributed by atoms with Crippen LogP contribution in [-0.2, 0) is 9.84 Å². The molecule has 158 valence electrons. The van der Waals surface area contributed by atoms with Gasteiger partial charge in [-0.1, -0.05) is 6.07 Å². The molecule has 30 heavy (non-hydrogen) atoms. The second kappa shape index (κ2) is 8.36. The third-order valence-corrected chi connectivity index (χ3v) is 7.53. The zero-order valence-corrected chi connectivity index (χ0v) is 17.0. The maximum absolute atomic E-state index is 15.5. The fourth-order valence-electron chi connectivity index (χ4n) is 3.45. The van der Waals surface area contributed by atoms with Gasteiger partial charge in [-0.2, -0.15) is 5.26 Å². The van der Waals surface area contributed by atoms with E-state index < -0.39 is 37.5 Å². The first kappa shape index (κ1) is 21.6. The monoisotopic (exact) mass is 434 g/mol. The summed E-state index contributed by atoms with van der Waals surface area (Å²) in [7, 11) is -4.42. The zero-order valence-electron chi connectivity index (χ0n) is 16.2. The number of rotatable bonds is 4. The Kier molecular flexibility index (Phi) is 6.03. The van der Waals surface area contributed by atoms with E-state index in [-0.39, 0.29) is 31.6 Å². The minimum atomic E-state index is -4.42. The second-order valence-electron chi connectivity index (χ2n) is 7.18. The van der Waals surface area contributed by atoms with Gasteiger partial charge in [0.2, 0.25) is 14.8 Å². The van der Waals surface area contributed by atoms with Gasteiger partial charge in [-0.15, -0.1) is 0 Å². The molecular formula is C20H20F2N4O3S. The number of urea groups is 1. The molecule has 0 spiro atoms. The van der Waals surface area contributed by atoms with E-state index in [1.54, 1.807) is 0 Å². The number of amides is 2. The molecule has 10 heteroatoms. The minimum Gasteiger partial charge on any atom is -0.325 e. The van der Waals surface area contributed by atoms with Crippen LogP contribution < -0.4 is 5.32 Å². The highest BCUT2D eigenvalue weighted by Crippen LogP contribution is 2.39. The fraction of sp³-hybridized carbons (Fsp3) is 0.350. The molecule has 2 aromatic rings. The summed E-state index contributed by atoms with van der Waals surface area (Å²) in [5, 5.41) is 8.92. The summed E-state index contributed by atoms with van der Waals surface area (Å²) in [6.07, 6.45) is 1.66. The summed E-state index contributed by atoms with van der Waals surface area (Å²) < 4.78 is 54.4. The lowest BCUT2D eigenvalue weighted by atomic mass is 9.92. The molecule has 7 nitrogen and oxygen atoms in total. The lowest BCUT2D eigenvalue weighted by Crippen LogP contribution is -2.48. The van der Waals surface area contributed by atoms with E-state index in [9.17, 15) is 17.6 Å². The van der Waals surface area contributed by atoms with Gasteiger partial charge in [0.1, 0.15) is 17.6 Å². The maximum Gasteiger partial charge on any atom is 0.321 e. The Balaban J connectivity index is 1.66. The quantitative estimate of drug-likeness (QED) is 0.793. The van der Waals surface area contributed by atoms with Gasteiger partial charge in [0.15, 0.2) is 0 Å². The van der Waals surface area contributed by atoms with E-state index in [2.05, 4.69) is 10.3 Å².